The van der Waals surface area contributed by atoms with Gasteiger partial charge >= 0.3 is 0 Å². The topological polar surface area (TPSA) is 89.9 Å². The molecule has 0 aliphatic rings. The Kier molecular flexibility index (Phi) is 7.17. The van der Waals surface area contributed by atoms with Gasteiger partial charge in [0.15, 0.2) is 17.0 Å². The summed E-state index contributed by atoms with van der Waals surface area (Å²) in [6.45, 7) is 6.42. The van der Waals surface area contributed by atoms with Crippen LogP contribution in [0.1, 0.15) is 45.9 Å². The Hall–Kier alpha value is -2.69. The first-order valence-corrected chi connectivity index (χ1v) is 9.46. The summed E-state index contributed by atoms with van der Waals surface area (Å²) < 4.78 is 15.6. The lowest BCUT2D eigenvalue weighted by atomic mass is 9.98. The number of rotatable bonds is 5. The maximum Gasteiger partial charge on any atom is 0.209 e. The second-order valence-electron chi connectivity index (χ2n) is 6.69. The van der Waals surface area contributed by atoms with Crippen LogP contribution in [0.3, 0.4) is 0 Å². The number of hydrogen-bond donors (Lipinski definition) is 2. The average Bonchev–Trinajstić information content (AvgIpc) is 3.06. The van der Waals surface area contributed by atoms with Crippen LogP contribution in [-0.2, 0) is 6.54 Å². The third kappa shape index (κ3) is 4.66. The standard InChI is InChI=1S/C21H24FN5O.ClH/c1-4-12-27-19(14-8-7-9-15(22)13-14)26-17-18(23)24-16(25-20(17)27)10-11-21(28,5-2)6-3;/h7-9,13,28H,4-6,12H2,1-3H3,(H2,23,24,25);1H. The first-order chi connectivity index (χ1) is 13.4. The van der Waals surface area contributed by atoms with Crippen molar-refractivity contribution < 1.29 is 9.50 Å². The molecule has 3 rings (SSSR count). The van der Waals surface area contributed by atoms with Crippen molar-refractivity contribution in [2.24, 2.45) is 0 Å². The molecule has 0 aliphatic heterocycles. The van der Waals surface area contributed by atoms with Gasteiger partial charge in [0.1, 0.15) is 17.2 Å². The highest BCUT2D eigenvalue weighted by molar-refractivity contribution is 5.86. The van der Waals surface area contributed by atoms with E-state index in [1.807, 2.05) is 25.3 Å². The molecule has 1 aromatic carbocycles. The molecule has 0 saturated heterocycles. The minimum atomic E-state index is -1.08. The molecule has 0 aliphatic carbocycles. The summed E-state index contributed by atoms with van der Waals surface area (Å²) in [5.74, 6) is 6.38. The molecular weight excluding hydrogens is 393 g/mol. The summed E-state index contributed by atoms with van der Waals surface area (Å²) >= 11 is 0. The third-order valence-corrected chi connectivity index (χ3v) is 4.73. The van der Waals surface area contributed by atoms with Gasteiger partial charge in [0, 0.05) is 12.1 Å². The molecular formula is C21H25ClFN5O. The molecule has 3 aromatic rings. The Balaban J connectivity index is 0.00000300. The minimum Gasteiger partial charge on any atom is -0.382 e. The molecule has 2 aromatic heterocycles. The number of hydrogen-bond acceptors (Lipinski definition) is 5. The van der Waals surface area contributed by atoms with E-state index in [0.717, 1.165) is 6.42 Å². The van der Waals surface area contributed by atoms with Crippen LogP contribution in [0.15, 0.2) is 24.3 Å². The number of benzene rings is 1. The Morgan fingerprint density at radius 3 is 2.52 bits per heavy atom. The quantitative estimate of drug-likeness (QED) is 0.613. The number of nitrogens with zero attached hydrogens (tertiary/aromatic N) is 4. The van der Waals surface area contributed by atoms with Gasteiger partial charge in [-0.25, -0.2) is 19.3 Å². The maximum absolute atomic E-state index is 13.7. The van der Waals surface area contributed by atoms with Crippen LogP contribution in [0, 0.1) is 17.7 Å². The van der Waals surface area contributed by atoms with Crippen molar-refractivity contribution in [3.63, 3.8) is 0 Å². The predicted molar refractivity (Wildman–Crippen MR) is 115 cm³/mol. The molecule has 0 fully saturated rings. The van der Waals surface area contributed by atoms with Gasteiger partial charge in [-0.05, 0) is 37.3 Å². The largest absolute Gasteiger partial charge is 0.382 e. The highest BCUT2D eigenvalue weighted by atomic mass is 35.5. The molecule has 0 unspecified atom stereocenters. The first-order valence-electron chi connectivity index (χ1n) is 9.46. The van der Waals surface area contributed by atoms with Crippen LogP contribution in [0.25, 0.3) is 22.6 Å². The molecule has 0 spiro atoms. The molecule has 8 heteroatoms. The van der Waals surface area contributed by atoms with Gasteiger partial charge in [-0.3, -0.25) is 0 Å². The van der Waals surface area contributed by atoms with Gasteiger partial charge in [-0.1, -0.05) is 38.8 Å². The number of nitrogens with two attached hydrogens (primary N) is 1. The zero-order valence-electron chi connectivity index (χ0n) is 16.7. The summed E-state index contributed by atoms with van der Waals surface area (Å²) in [5.41, 5.74) is 6.69. The molecule has 3 N–H and O–H groups in total. The second kappa shape index (κ2) is 9.21. The van der Waals surface area contributed by atoms with Crippen LogP contribution in [-0.4, -0.2) is 30.2 Å². The highest BCUT2D eigenvalue weighted by Gasteiger charge is 2.20. The van der Waals surface area contributed by atoms with Gasteiger partial charge < -0.3 is 15.4 Å². The lowest BCUT2D eigenvalue weighted by Crippen LogP contribution is -2.23. The molecule has 154 valence electrons. The lowest BCUT2D eigenvalue weighted by Gasteiger charge is -2.16. The average molecular weight is 418 g/mol. The minimum absolute atomic E-state index is 0. The van der Waals surface area contributed by atoms with Gasteiger partial charge in [-0.15, -0.1) is 12.4 Å². The zero-order valence-corrected chi connectivity index (χ0v) is 17.6. The van der Waals surface area contributed by atoms with Crippen molar-refractivity contribution >= 4 is 29.4 Å². The Morgan fingerprint density at radius 2 is 1.90 bits per heavy atom. The van der Waals surface area contributed by atoms with Gasteiger partial charge in [-0.2, -0.15) is 0 Å². The van der Waals surface area contributed by atoms with E-state index in [2.05, 4.69) is 26.8 Å². The summed E-state index contributed by atoms with van der Waals surface area (Å²) in [6, 6.07) is 6.26. The van der Waals surface area contributed by atoms with Crippen LogP contribution >= 0.6 is 12.4 Å². The number of aryl methyl sites for hydroxylation is 1. The van der Waals surface area contributed by atoms with Crippen molar-refractivity contribution in [1.82, 2.24) is 19.5 Å². The van der Waals surface area contributed by atoms with Crippen LogP contribution in [0.4, 0.5) is 10.2 Å². The van der Waals surface area contributed by atoms with E-state index < -0.39 is 5.60 Å². The first kappa shape index (κ1) is 22.6. The molecule has 0 radical (unpaired) electrons. The van der Waals surface area contributed by atoms with Crippen molar-refractivity contribution in [2.45, 2.75) is 52.2 Å². The van der Waals surface area contributed by atoms with E-state index >= 15 is 0 Å². The number of aromatic nitrogens is 4. The fourth-order valence-electron chi connectivity index (χ4n) is 2.96. The van der Waals surface area contributed by atoms with Crippen molar-refractivity contribution in [1.29, 1.82) is 0 Å². The van der Waals surface area contributed by atoms with E-state index in [-0.39, 0.29) is 29.9 Å². The monoisotopic (exact) mass is 417 g/mol. The molecule has 6 nitrogen and oxygen atoms in total. The third-order valence-electron chi connectivity index (χ3n) is 4.73. The van der Waals surface area contributed by atoms with Crippen LogP contribution in [0.2, 0.25) is 0 Å². The van der Waals surface area contributed by atoms with Crippen LogP contribution in [0.5, 0.6) is 0 Å². The fourth-order valence-corrected chi connectivity index (χ4v) is 2.96. The number of nitrogen functional groups attached to an aromatic ring is 1. The fraction of sp³-hybridized carbons (Fsp3) is 0.381. The van der Waals surface area contributed by atoms with Crippen molar-refractivity contribution in [2.75, 3.05) is 5.73 Å². The smallest absolute Gasteiger partial charge is 0.209 e. The Morgan fingerprint density at radius 1 is 1.17 bits per heavy atom. The highest BCUT2D eigenvalue weighted by Crippen LogP contribution is 2.27. The van der Waals surface area contributed by atoms with Gasteiger partial charge in [0.25, 0.3) is 0 Å². The maximum atomic E-state index is 13.7. The van der Waals surface area contributed by atoms with E-state index in [9.17, 15) is 9.50 Å². The number of fused-ring (bicyclic) bond motifs is 1. The van der Waals surface area contributed by atoms with Gasteiger partial charge in [0.2, 0.25) is 5.82 Å². The van der Waals surface area contributed by atoms with Gasteiger partial charge in [0.05, 0.1) is 0 Å². The molecule has 0 saturated carbocycles. The number of imidazole rings is 1. The Labute approximate surface area is 175 Å². The number of halogens is 2. The van der Waals surface area contributed by atoms with E-state index in [0.29, 0.717) is 41.9 Å². The predicted octanol–water partition coefficient (Wildman–Crippen LogP) is 3.95. The van der Waals surface area contributed by atoms with Crippen molar-refractivity contribution in [3.05, 3.63) is 35.9 Å². The number of anilines is 1. The normalized spacial score (nSPS) is 11.1. The molecule has 0 bridgehead atoms. The zero-order chi connectivity index (χ0) is 20.3. The molecule has 2 heterocycles. The summed E-state index contributed by atoms with van der Waals surface area (Å²) in [5, 5.41) is 10.4. The Bertz CT molecular complexity index is 1070. The summed E-state index contributed by atoms with van der Waals surface area (Å²) in [7, 11) is 0. The van der Waals surface area contributed by atoms with E-state index in [4.69, 9.17) is 5.73 Å². The van der Waals surface area contributed by atoms with E-state index in [1.165, 1.54) is 12.1 Å². The van der Waals surface area contributed by atoms with E-state index in [1.54, 1.807) is 12.1 Å². The molecule has 0 amide bonds. The lowest BCUT2D eigenvalue weighted by molar-refractivity contribution is 0.0931. The van der Waals surface area contributed by atoms with Crippen LogP contribution < -0.4 is 5.73 Å². The summed E-state index contributed by atoms with van der Waals surface area (Å²) in [6.07, 6.45) is 1.85. The molecule has 29 heavy (non-hydrogen) atoms. The number of aliphatic hydroxyl groups is 1. The second-order valence-corrected chi connectivity index (χ2v) is 6.69. The molecule has 0 atom stereocenters. The van der Waals surface area contributed by atoms with Crippen molar-refractivity contribution in [3.8, 4) is 23.2 Å². The summed E-state index contributed by atoms with van der Waals surface area (Å²) in [4.78, 5) is 13.3. The SMILES string of the molecule is CCCn1c(-c2cccc(F)c2)nc2c(N)nc(C#CC(O)(CC)CC)nc21.Cl.